The second kappa shape index (κ2) is 7.47. The number of pyridine rings is 1. The smallest absolute Gasteiger partial charge is 0.142 e. The molecule has 3 aromatic rings. The molecule has 1 heterocycles. The molecular formula is C21H16N4O2. The topological polar surface area (TPSA) is 105 Å². The number of benzene rings is 2. The van der Waals surface area contributed by atoms with Crippen molar-refractivity contribution in [1.82, 2.24) is 4.98 Å². The highest BCUT2D eigenvalue weighted by Crippen LogP contribution is 2.38. The zero-order valence-corrected chi connectivity index (χ0v) is 14.9. The lowest BCUT2D eigenvalue weighted by molar-refractivity contribution is 0.404. The van der Waals surface area contributed by atoms with Crippen molar-refractivity contribution in [2.45, 2.75) is 0 Å². The van der Waals surface area contributed by atoms with Crippen molar-refractivity contribution in [3.63, 3.8) is 0 Å². The van der Waals surface area contributed by atoms with Crippen LogP contribution in [-0.4, -0.2) is 19.2 Å². The van der Waals surface area contributed by atoms with Crippen LogP contribution in [0.4, 0.5) is 5.82 Å². The fraction of sp³-hybridized carbons (Fsp3) is 0.0952. The molecule has 2 N–H and O–H groups in total. The molecule has 0 spiro atoms. The number of nitrogens with two attached hydrogens (primary N) is 1. The van der Waals surface area contributed by atoms with Crippen LogP contribution in [0, 0.1) is 22.7 Å². The molecule has 6 nitrogen and oxygen atoms in total. The van der Waals surface area contributed by atoms with E-state index >= 15 is 0 Å². The molecule has 0 bridgehead atoms. The van der Waals surface area contributed by atoms with Crippen molar-refractivity contribution < 1.29 is 9.47 Å². The van der Waals surface area contributed by atoms with Gasteiger partial charge in [-0.2, -0.15) is 10.5 Å². The van der Waals surface area contributed by atoms with E-state index in [1.807, 2.05) is 0 Å². The molecule has 0 saturated carbocycles. The summed E-state index contributed by atoms with van der Waals surface area (Å²) in [7, 11) is 3.13. The van der Waals surface area contributed by atoms with Crippen LogP contribution in [0.1, 0.15) is 11.1 Å². The molecule has 27 heavy (non-hydrogen) atoms. The lowest BCUT2D eigenvalue weighted by Crippen LogP contribution is -2.01. The van der Waals surface area contributed by atoms with Crippen molar-refractivity contribution >= 4 is 5.82 Å². The average molecular weight is 356 g/mol. The molecule has 0 amide bonds. The number of nitriles is 2. The molecule has 0 atom stereocenters. The molecule has 1 aromatic heterocycles. The van der Waals surface area contributed by atoms with Crippen molar-refractivity contribution in [3.8, 4) is 46.0 Å². The summed E-state index contributed by atoms with van der Waals surface area (Å²) in [5, 5.41) is 18.6. The second-order valence-corrected chi connectivity index (χ2v) is 5.68. The maximum absolute atomic E-state index is 9.60. The minimum absolute atomic E-state index is 0.124. The van der Waals surface area contributed by atoms with Gasteiger partial charge < -0.3 is 15.2 Å². The summed E-state index contributed by atoms with van der Waals surface area (Å²) >= 11 is 0. The van der Waals surface area contributed by atoms with Gasteiger partial charge in [-0.1, -0.05) is 12.1 Å². The lowest BCUT2D eigenvalue weighted by atomic mass is 9.97. The van der Waals surface area contributed by atoms with E-state index in [2.05, 4.69) is 17.1 Å². The molecule has 0 aliphatic carbocycles. The van der Waals surface area contributed by atoms with Crippen LogP contribution >= 0.6 is 0 Å². The molecular weight excluding hydrogens is 340 g/mol. The Hall–Kier alpha value is -4.03. The van der Waals surface area contributed by atoms with E-state index < -0.39 is 0 Å². The Bertz CT molecular complexity index is 1080. The summed E-state index contributed by atoms with van der Waals surface area (Å²) in [6, 6.07) is 18.3. The predicted octanol–water partition coefficient (Wildman–Crippen LogP) is 3.76. The third kappa shape index (κ3) is 3.37. The SMILES string of the molecule is COc1ccc(OC)c(-c2cc(-c3ccc(C#N)cc3)nc(N)c2C#N)c1. The largest absolute Gasteiger partial charge is 0.497 e. The summed E-state index contributed by atoms with van der Waals surface area (Å²) in [6.45, 7) is 0. The van der Waals surface area contributed by atoms with Gasteiger partial charge in [0.1, 0.15) is 28.9 Å². The average Bonchev–Trinajstić information content (AvgIpc) is 2.72. The third-order valence-electron chi connectivity index (χ3n) is 4.17. The number of hydrogen-bond acceptors (Lipinski definition) is 6. The predicted molar refractivity (Wildman–Crippen MR) is 102 cm³/mol. The van der Waals surface area contributed by atoms with E-state index in [1.165, 1.54) is 0 Å². The number of nitrogen functional groups attached to an aromatic ring is 1. The summed E-state index contributed by atoms with van der Waals surface area (Å²) < 4.78 is 10.8. The fourth-order valence-corrected chi connectivity index (χ4v) is 2.78. The number of methoxy groups -OCH3 is 2. The maximum Gasteiger partial charge on any atom is 0.142 e. The second-order valence-electron chi connectivity index (χ2n) is 5.68. The van der Waals surface area contributed by atoms with Crippen LogP contribution in [0.3, 0.4) is 0 Å². The van der Waals surface area contributed by atoms with Crippen LogP contribution in [0.15, 0.2) is 48.5 Å². The first-order valence-electron chi connectivity index (χ1n) is 8.04. The molecule has 132 valence electrons. The summed E-state index contributed by atoms with van der Waals surface area (Å²) in [6.07, 6.45) is 0. The fourth-order valence-electron chi connectivity index (χ4n) is 2.78. The number of nitrogens with zero attached hydrogens (tertiary/aromatic N) is 3. The summed E-state index contributed by atoms with van der Waals surface area (Å²) in [4.78, 5) is 4.35. The Kier molecular flexibility index (Phi) is 4.92. The minimum atomic E-state index is 0.124. The van der Waals surface area contributed by atoms with Gasteiger partial charge in [0.2, 0.25) is 0 Å². The highest BCUT2D eigenvalue weighted by molar-refractivity contribution is 5.83. The Morgan fingerprint density at radius 3 is 2.22 bits per heavy atom. The van der Waals surface area contributed by atoms with Gasteiger partial charge in [0.05, 0.1) is 31.5 Å². The van der Waals surface area contributed by atoms with Crippen molar-refractivity contribution in [3.05, 3.63) is 59.7 Å². The lowest BCUT2D eigenvalue weighted by Gasteiger charge is -2.14. The number of rotatable bonds is 4. The molecule has 0 aliphatic heterocycles. The van der Waals surface area contributed by atoms with Gasteiger partial charge in [-0.3, -0.25) is 0 Å². The molecule has 3 rings (SSSR count). The third-order valence-corrected chi connectivity index (χ3v) is 4.17. The molecule has 0 saturated heterocycles. The van der Waals surface area contributed by atoms with Gasteiger partial charge in [0.25, 0.3) is 0 Å². The van der Waals surface area contributed by atoms with Crippen molar-refractivity contribution in [2.75, 3.05) is 20.0 Å². The molecule has 6 heteroatoms. The molecule has 0 radical (unpaired) electrons. The highest BCUT2D eigenvalue weighted by Gasteiger charge is 2.17. The molecule has 0 unspecified atom stereocenters. The summed E-state index contributed by atoms with van der Waals surface area (Å²) in [5.41, 5.74) is 9.54. The Morgan fingerprint density at radius 1 is 0.889 bits per heavy atom. The van der Waals surface area contributed by atoms with E-state index in [9.17, 15) is 5.26 Å². The van der Waals surface area contributed by atoms with E-state index in [4.69, 9.17) is 20.5 Å². The zero-order valence-electron chi connectivity index (χ0n) is 14.9. The van der Waals surface area contributed by atoms with Crippen molar-refractivity contribution in [2.24, 2.45) is 0 Å². The van der Waals surface area contributed by atoms with Crippen LogP contribution < -0.4 is 15.2 Å². The quantitative estimate of drug-likeness (QED) is 0.763. The number of anilines is 1. The van der Waals surface area contributed by atoms with E-state index in [0.29, 0.717) is 33.9 Å². The summed E-state index contributed by atoms with van der Waals surface area (Å²) in [5.74, 6) is 1.34. The molecule has 0 fully saturated rings. The molecule has 0 aliphatic rings. The minimum Gasteiger partial charge on any atom is -0.497 e. The van der Waals surface area contributed by atoms with Crippen molar-refractivity contribution in [1.29, 1.82) is 10.5 Å². The standard InChI is InChI=1S/C21H16N4O2/c1-26-15-7-8-20(27-2)17(9-15)16-10-19(25-21(24)18(16)12-23)14-5-3-13(11-22)4-6-14/h3-10H,1-2H3,(H2,24,25). The number of ether oxygens (including phenoxy) is 2. The van der Waals surface area contributed by atoms with E-state index in [-0.39, 0.29) is 11.4 Å². The maximum atomic E-state index is 9.60. The molecule has 2 aromatic carbocycles. The normalized spacial score (nSPS) is 9.93. The van der Waals surface area contributed by atoms with Gasteiger partial charge >= 0.3 is 0 Å². The first-order valence-corrected chi connectivity index (χ1v) is 8.04. The first kappa shape index (κ1) is 17.8. The van der Waals surface area contributed by atoms with Gasteiger partial charge in [-0.05, 0) is 36.4 Å². The zero-order chi connectivity index (χ0) is 19.4. The van der Waals surface area contributed by atoms with Crippen LogP contribution in [0.5, 0.6) is 11.5 Å². The van der Waals surface area contributed by atoms with Crippen LogP contribution in [0.25, 0.3) is 22.4 Å². The van der Waals surface area contributed by atoms with Gasteiger partial charge in [-0.15, -0.1) is 0 Å². The monoisotopic (exact) mass is 356 g/mol. The highest BCUT2D eigenvalue weighted by atomic mass is 16.5. The van der Waals surface area contributed by atoms with Crippen LogP contribution in [-0.2, 0) is 0 Å². The van der Waals surface area contributed by atoms with E-state index in [0.717, 1.165) is 5.56 Å². The Labute approximate surface area is 157 Å². The van der Waals surface area contributed by atoms with Gasteiger partial charge in [-0.25, -0.2) is 4.98 Å². The van der Waals surface area contributed by atoms with Gasteiger partial charge in [0, 0.05) is 16.7 Å². The van der Waals surface area contributed by atoms with Gasteiger partial charge in [0.15, 0.2) is 0 Å². The van der Waals surface area contributed by atoms with E-state index in [1.54, 1.807) is 62.8 Å². The Balaban J connectivity index is 2.25. The number of aromatic nitrogens is 1. The Morgan fingerprint density at radius 2 is 1.63 bits per heavy atom. The number of hydrogen-bond donors (Lipinski definition) is 1. The first-order chi connectivity index (χ1) is 13.1. The van der Waals surface area contributed by atoms with Crippen LogP contribution in [0.2, 0.25) is 0 Å².